The minimum absolute atomic E-state index is 0.152. The molecule has 0 spiro atoms. The summed E-state index contributed by atoms with van der Waals surface area (Å²) in [6, 6.07) is 2.09. The van der Waals surface area contributed by atoms with E-state index in [-0.39, 0.29) is 11.9 Å². The third-order valence-corrected chi connectivity index (χ3v) is 3.43. The van der Waals surface area contributed by atoms with Crippen LogP contribution in [0.3, 0.4) is 0 Å². The van der Waals surface area contributed by atoms with Gasteiger partial charge in [-0.1, -0.05) is 6.92 Å². The SMILES string of the molecule is CCCC(=O)N1CCCC[C@@H]1c1ccnc(C)n1. The molecule has 0 bridgehead atoms. The van der Waals surface area contributed by atoms with E-state index in [9.17, 15) is 4.79 Å². The Morgan fingerprint density at radius 3 is 3.06 bits per heavy atom. The van der Waals surface area contributed by atoms with Gasteiger partial charge in [0.05, 0.1) is 11.7 Å². The molecule has 98 valence electrons. The highest BCUT2D eigenvalue weighted by molar-refractivity contribution is 5.76. The number of likely N-dealkylation sites (tertiary alicyclic amines) is 1. The Bertz CT molecular complexity index is 419. The van der Waals surface area contributed by atoms with Crippen LogP contribution >= 0.6 is 0 Å². The third kappa shape index (κ3) is 2.86. The van der Waals surface area contributed by atoms with Crippen molar-refractivity contribution >= 4 is 5.91 Å². The summed E-state index contributed by atoms with van der Waals surface area (Å²) >= 11 is 0. The quantitative estimate of drug-likeness (QED) is 0.825. The van der Waals surface area contributed by atoms with Crippen LogP contribution in [0.5, 0.6) is 0 Å². The molecule has 0 N–H and O–H groups in total. The molecule has 1 aromatic rings. The Hall–Kier alpha value is -1.45. The van der Waals surface area contributed by atoms with Crippen LogP contribution in [0.4, 0.5) is 0 Å². The van der Waals surface area contributed by atoms with E-state index >= 15 is 0 Å². The number of amides is 1. The number of rotatable bonds is 3. The maximum absolute atomic E-state index is 12.1. The number of hydrogen-bond acceptors (Lipinski definition) is 3. The normalized spacial score (nSPS) is 19.9. The van der Waals surface area contributed by atoms with Crippen LogP contribution in [0.1, 0.15) is 56.6 Å². The molecule has 1 saturated heterocycles. The van der Waals surface area contributed by atoms with E-state index in [0.717, 1.165) is 37.3 Å². The molecule has 1 amide bonds. The third-order valence-electron chi connectivity index (χ3n) is 3.43. The molecular weight excluding hydrogens is 226 g/mol. The molecule has 2 rings (SSSR count). The highest BCUT2D eigenvalue weighted by Crippen LogP contribution is 2.30. The smallest absolute Gasteiger partial charge is 0.223 e. The molecule has 18 heavy (non-hydrogen) atoms. The summed E-state index contributed by atoms with van der Waals surface area (Å²) in [5.74, 6) is 1.04. The highest BCUT2D eigenvalue weighted by Gasteiger charge is 2.28. The van der Waals surface area contributed by atoms with Crippen molar-refractivity contribution in [2.75, 3.05) is 6.54 Å². The number of aromatic nitrogens is 2. The average Bonchev–Trinajstić information content (AvgIpc) is 2.39. The fraction of sp³-hybridized carbons (Fsp3) is 0.643. The van der Waals surface area contributed by atoms with Gasteiger partial charge in [0.15, 0.2) is 0 Å². The zero-order valence-corrected chi connectivity index (χ0v) is 11.2. The van der Waals surface area contributed by atoms with Crippen molar-refractivity contribution < 1.29 is 4.79 Å². The maximum atomic E-state index is 12.1. The summed E-state index contributed by atoms with van der Waals surface area (Å²) in [5, 5.41) is 0. The monoisotopic (exact) mass is 247 g/mol. The van der Waals surface area contributed by atoms with E-state index in [4.69, 9.17) is 0 Å². The second-order valence-corrected chi connectivity index (χ2v) is 4.88. The lowest BCUT2D eigenvalue weighted by Gasteiger charge is -2.35. The Balaban J connectivity index is 2.20. The zero-order chi connectivity index (χ0) is 13.0. The van der Waals surface area contributed by atoms with Crippen molar-refractivity contribution in [3.8, 4) is 0 Å². The van der Waals surface area contributed by atoms with E-state index in [1.165, 1.54) is 6.42 Å². The summed E-state index contributed by atoms with van der Waals surface area (Å²) < 4.78 is 0. The number of carbonyl (C=O) groups excluding carboxylic acids is 1. The van der Waals surface area contributed by atoms with Crippen molar-refractivity contribution in [1.82, 2.24) is 14.9 Å². The number of nitrogens with zero attached hydrogens (tertiary/aromatic N) is 3. The lowest BCUT2D eigenvalue weighted by atomic mass is 9.98. The first-order chi connectivity index (χ1) is 8.72. The van der Waals surface area contributed by atoms with Gasteiger partial charge in [-0.25, -0.2) is 9.97 Å². The predicted molar refractivity (Wildman–Crippen MR) is 70.0 cm³/mol. The predicted octanol–water partition coefficient (Wildman–Crippen LogP) is 2.64. The minimum Gasteiger partial charge on any atom is -0.334 e. The largest absolute Gasteiger partial charge is 0.334 e. The van der Waals surface area contributed by atoms with Crippen molar-refractivity contribution in [3.05, 3.63) is 23.8 Å². The molecule has 2 heterocycles. The lowest BCUT2D eigenvalue weighted by Crippen LogP contribution is -2.38. The number of hydrogen-bond donors (Lipinski definition) is 0. The summed E-state index contributed by atoms with van der Waals surface area (Å²) in [6.45, 7) is 4.81. The second kappa shape index (κ2) is 5.94. The lowest BCUT2D eigenvalue weighted by molar-refractivity contribution is -0.135. The van der Waals surface area contributed by atoms with Gasteiger partial charge in [0.2, 0.25) is 5.91 Å². The van der Waals surface area contributed by atoms with E-state index < -0.39 is 0 Å². The standard InChI is InChI=1S/C14H21N3O/c1-3-6-14(18)17-10-5-4-7-13(17)12-8-9-15-11(2)16-12/h8-9,13H,3-7,10H2,1-2H3/t13-/m1/s1. The topological polar surface area (TPSA) is 46.1 Å². The van der Waals surface area contributed by atoms with Gasteiger partial charge in [0, 0.05) is 19.2 Å². The molecule has 4 nitrogen and oxygen atoms in total. The zero-order valence-electron chi connectivity index (χ0n) is 11.2. The molecule has 0 saturated carbocycles. The van der Waals surface area contributed by atoms with Crippen molar-refractivity contribution in [2.45, 2.75) is 52.0 Å². The first-order valence-corrected chi connectivity index (χ1v) is 6.81. The molecule has 1 fully saturated rings. The van der Waals surface area contributed by atoms with E-state index in [1.807, 2.05) is 24.8 Å². The molecule has 1 aliphatic heterocycles. The van der Waals surface area contributed by atoms with Gasteiger partial charge in [0.25, 0.3) is 0 Å². The molecule has 0 unspecified atom stereocenters. The first-order valence-electron chi connectivity index (χ1n) is 6.81. The second-order valence-electron chi connectivity index (χ2n) is 4.88. The number of aryl methyl sites for hydroxylation is 1. The van der Waals surface area contributed by atoms with Gasteiger partial charge in [0.1, 0.15) is 5.82 Å². The van der Waals surface area contributed by atoms with Gasteiger partial charge in [-0.2, -0.15) is 0 Å². The van der Waals surface area contributed by atoms with Gasteiger partial charge < -0.3 is 4.90 Å². The Morgan fingerprint density at radius 1 is 1.50 bits per heavy atom. The van der Waals surface area contributed by atoms with Crippen LogP contribution in [0, 0.1) is 6.92 Å². The summed E-state index contributed by atoms with van der Waals surface area (Å²) in [5.41, 5.74) is 0.992. The van der Waals surface area contributed by atoms with Gasteiger partial charge >= 0.3 is 0 Å². The minimum atomic E-state index is 0.152. The van der Waals surface area contributed by atoms with Crippen molar-refractivity contribution in [2.24, 2.45) is 0 Å². The molecule has 0 aromatic carbocycles. The molecule has 1 aliphatic rings. The summed E-state index contributed by atoms with van der Waals surface area (Å²) in [6.07, 6.45) is 6.63. The Kier molecular flexibility index (Phi) is 4.28. The van der Waals surface area contributed by atoms with Crippen LogP contribution in [0.25, 0.3) is 0 Å². The van der Waals surface area contributed by atoms with Gasteiger partial charge in [-0.05, 0) is 38.7 Å². The molecule has 1 atom stereocenters. The van der Waals surface area contributed by atoms with Crippen LogP contribution in [-0.4, -0.2) is 27.3 Å². The molecule has 0 aliphatic carbocycles. The van der Waals surface area contributed by atoms with Crippen LogP contribution in [-0.2, 0) is 4.79 Å². The molecule has 0 radical (unpaired) electrons. The molecular formula is C14H21N3O. The van der Waals surface area contributed by atoms with E-state index in [2.05, 4.69) is 9.97 Å². The highest BCUT2D eigenvalue weighted by atomic mass is 16.2. The van der Waals surface area contributed by atoms with Crippen molar-refractivity contribution in [1.29, 1.82) is 0 Å². The average molecular weight is 247 g/mol. The van der Waals surface area contributed by atoms with E-state index in [1.54, 1.807) is 6.20 Å². The van der Waals surface area contributed by atoms with E-state index in [0.29, 0.717) is 6.42 Å². The fourth-order valence-corrected chi connectivity index (χ4v) is 2.56. The Morgan fingerprint density at radius 2 is 2.33 bits per heavy atom. The van der Waals surface area contributed by atoms with Crippen LogP contribution < -0.4 is 0 Å². The number of piperidine rings is 1. The Labute approximate surface area is 108 Å². The van der Waals surface area contributed by atoms with Crippen LogP contribution in [0.2, 0.25) is 0 Å². The summed E-state index contributed by atoms with van der Waals surface area (Å²) in [7, 11) is 0. The van der Waals surface area contributed by atoms with Crippen LogP contribution in [0.15, 0.2) is 12.3 Å². The van der Waals surface area contributed by atoms with Crippen molar-refractivity contribution in [3.63, 3.8) is 0 Å². The first kappa shape index (κ1) is 13.0. The molecule has 1 aromatic heterocycles. The summed E-state index contributed by atoms with van der Waals surface area (Å²) in [4.78, 5) is 22.8. The molecule has 4 heteroatoms. The maximum Gasteiger partial charge on any atom is 0.223 e. The van der Waals surface area contributed by atoms with Gasteiger partial charge in [-0.3, -0.25) is 4.79 Å². The number of carbonyl (C=O) groups is 1. The van der Waals surface area contributed by atoms with Gasteiger partial charge in [-0.15, -0.1) is 0 Å². The fourth-order valence-electron chi connectivity index (χ4n) is 2.56.